The van der Waals surface area contributed by atoms with Crippen molar-refractivity contribution < 1.29 is 14.7 Å². The van der Waals surface area contributed by atoms with Gasteiger partial charge in [-0.3, -0.25) is 0 Å². The van der Waals surface area contributed by atoms with Crippen LogP contribution in [0.4, 0.5) is 0 Å². The maximum absolute atomic E-state index is 7.32. The molecule has 0 rings (SSSR count). The van der Waals surface area contributed by atoms with Crippen LogP contribution in [0.2, 0.25) is 0 Å². The third kappa shape index (κ3) is 82.0. The molecule has 372 valence electrons. The van der Waals surface area contributed by atoms with E-state index in [1.807, 2.05) is 0 Å². The van der Waals surface area contributed by atoms with Crippen molar-refractivity contribution >= 4 is 0 Å². The number of nitrogens with zero attached hydrogens (tertiary/aromatic N) is 1. The normalized spacial score (nSPS) is 10.0. The highest BCUT2D eigenvalue weighted by Crippen LogP contribution is 2.17. The Morgan fingerprint density at radius 2 is 0.855 bits per heavy atom. The number of unbranched alkanes of at least 4 members (excludes halogenated alkanes) is 26. The quantitative estimate of drug-likeness (QED) is 0.0160. The van der Waals surface area contributed by atoms with Crippen molar-refractivity contribution in [3.8, 4) is 12.8 Å². The number of terminal acetylenes is 1. The molecule has 0 aliphatic rings. The first-order valence-corrected chi connectivity index (χ1v) is 26.4. The average molecular weight is 878 g/mol. The standard InChI is InChI=1S/C22H45N.C20H38O.C10H22O.C2H4.C2H2.CH5NO/c1-5-7-9-11-13-15-19-23(21-17-18-22(3)4)20-16-14-12-10-8-6-2;1-4-7-9-11-13-15-17-20(21-19-6-3)18-16-14-12-10-8-5-2;1-3-4-5-6-7-8-9-10-11-2;2*1-2;1-2-3/h3,5-21H2,1-2,4H3;19-20H,3-5,7-18H2,1-2H3;3-10H2,1-2H3;1-2H2;1-2H;2-3H,1H3. The molecule has 0 saturated heterocycles. The van der Waals surface area contributed by atoms with E-state index in [0.717, 1.165) is 6.61 Å². The van der Waals surface area contributed by atoms with Gasteiger partial charge in [0, 0.05) is 20.8 Å². The Morgan fingerprint density at radius 3 is 1.16 bits per heavy atom. The van der Waals surface area contributed by atoms with Crippen LogP contribution in [0.25, 0.3) is 0 Å². The van der Waals surface area contributed by atoms with Crippen LogP contribution in [0.1, 0.15) is 266 Å². The molecule has 0 spiro atoms. The molecule has 0 aromatic rings. The summed E-state index contributed by atoms with van der Waals surface area (Å²) in [7, 11) is 3.21. The van der Waals surface area contributed by atoms with Crippen molar-refractivity contribution in [3.63, 3.8) is 0 Å². The number of hydroxylamine groups is 1. The summed E-state index contributed by atoms with van der Waals surface area (Å²) in [5, 5.41) is 7.32. The second kappa shape index (κ2) is 76.5. The number of hydrogen-bond acceptors (Lipinski definition) is 5. The number of nitrogens with one attached hydrogen (secondary N) is 1. The van der Waals surface area contributed by atoms with Gasteiger partial charge in [-0.2, -0.15) is 0 Å². The molecule has 2 N–H and O–H groups in total. The molecule has 5 heteroatoms. The maximum atomic E-state index is 7.32. The van der Waals surface area contributed by atoms with E-state index < -0.39 is 0 Å². The Labute approximate surface area is 393 Å². The van der Waals surface area contributed by atoms with Gasteiger partial charge in [0.15, 0.2) is 0 Å². The fraction of sp³-hybridized carbons (Fsp3) is 0.842. The molecular weight excluding hydrogens is 761 g/mol. The van der Waals surface area contributed by atoms with E-state index in [-0.39, 0.29) is 0 Å². The van der Waals surface area contributed by atoms with Crippen molar-refractivity contribution in [2.45, 2.75) is 272 Å². The summed E-state index contributed by atoms with van der Waals surface area (Å²) in [6.07, 6.45) is 57.7. The van der Waals surface area contributed by atoms with Crippen LogP contribution in [-0.4, -0.2) is 56.6 Å². The van der Waals surface area contributed by atoms with Gasteiger partial charge in [-0.1, -0.05) is 219 Å². The molecule has 0 saturated carbocycles. The molecule has 0 unspecified atom stereocenters. The lowest BCUT2D eigenvalue weighted by Crippen LogP contribution is -2.27. The molecule has 0 aliphatic heterocycles. The van der Waals surface area contributed by atoms with E-state index in [9.17, 15) is 0 Å². The molecule has 0 fully saturated rings. The summed E-state index contributed by atoms with van der Waals surface area (Å²) in [6.45, 7) is 32.0. The SMILES string of the molecule is C#C.C=C.C=C(C)CCCN(CCCCCCCC)CCCCCCCC.C=C=COC(CCCCCCCC)CCCCCCCC.CCCCCCCCCOC.CNO. The zero-order chi connectivity index (χ0) is 47.8. The highest BCUT2D eigenvalue weighted by Gasteiger charge is 2.08. The van der Waals surface area contributed by atoms with Crippen LogP contribution in [0, 0.1) is 12.8 Å². The molecule has 62 heavy (non-hydrogen) atoms. The van der Waals surface area contributed by atoms with Crippen molar-refractivity contribution in [1.29, 1.82) is 0 Å². The Hall–Kier alpha value is -1.80. The zero-order valence-electron chi connectivity index (χ0n) is 43.9. The summed E-state index contributed by atoms with van der Waals surface area (Å²) in [5.41, 5.74) is 5.82. The first-order chi connectivity index (χ1) is 30.4. The molecule has 0 aromatic heterocycles. The van der Waals surface area contributed by atoms with Gasteiger partial charge in [-0.05, 0) is 84.3 Å². The van der Waals surface area contributed by atoms with Gasteiger partial charge in [-0.15, -0.1) is 32.6 Å². The molecule has 0 bridgehead atoms. The van der Waals surface area contributed by atoms with Gasteiger partial charge >= 0.3 is 0 Å². The van der Waals surface area contributed by atoms with Gasteiger partial charge < -0.3 is 19.6 Å². The smallest absolute Gasteiger partial charge is 0.125 e. The number of rotatable bonds is 42. The Morgan fingerprint density at radius 1 is 0.565 bits per heavy atom. The van der Waals surface area contributed by atoms with Crippen LogP contribution < -0.4 is 5.48 Å². The van der Waals surface area contributed by atoms with E-state index in [2.05, 4.69) is 91.3 Å². The Bertz CT molecular complexity index is 769. The van der Waals surface area contributed by atoms with Gasteiger partial charge in [0.2, 0.25) is 0 Å². The topological polar surface area (TPSA) is 54.0 Å². The van der Waals surface area contributed by atoms with E-state index in [1.54, 1.807) is 18.9 Å². The van der Waals surface area contributed by atoms with E-state index in [4.69, 9.17) is 14.7 Å². The summed E-state index contributed by atoms with van der Waals surface area (Å²) >= 11 is 0. The van der Waals surface area contributed by atoms with Gasteiger partial charge in [0.05, 0.1) is 6.10 Å². The third-order valence-electron chi connectivity index (χ3n) is 10.8. The minimum Gasteiger partial charge on any atom is -0.490 e. The fourth-order valence-electron chi connectivity index (χ4n) is 7.10. The van der Waals surface area contributed by atoms with Crippen molar-refractivity contribution in [2.24, 2.45) is 0 Å². The van der Waals surface area contributed by atoms with E-state index >= 15 is 0 Å². The number of methoxy groups -OCH3 is 1. The highest BCUT2D eigenvalue weighted by atomic mass is 16.5. The summed E-state index contributed by atoms with van der Waals surface area (Å²) in [5.74, 6) is 0. The summed E-state index contributed by atoms with van der Waals surface area (Å²) in [4.78, 5) is 2.72. The van der Waals surface area contributed by atoms with Crippen molar-refractivity contribution in [2.75, 3.05) is 40.4 Å². The van der Waals surface area contributed by atoms with E-state index in [1.165, 1.54) is 257 Å². The maximum Gasteiger partial charge on any atom is 0.125 e. The number of ether oxygens (including phenoxy) is 2. The second-order valence-corrected chi connectivity index (χ2v) is 17.0. The lowest BCUT2D eigenvalue weighted by atomic mass is 10.0. The number of hydrogen-bond donors (Lipinski definition) is 2. The largest absolute Gasteiger partial charge is 0.490 e. The predicted octanol–water partition coefficient (Wildman–Crippen LogP) is 18.6. The van der Waals surface area contributed by atoms with Crippen LogP contribution >= 0.6 is 0 Å². The van der Waals surface area contributed by atoms with Crippen molar-refractivity contribution in [1.82, 2.24) is 10.4 Å². The van der Waals surface area contributed by atoms with Crippen LogP contribution in [0.15, 0.2) is 43.9 Å². The monoisotopic (exact) mass is 877 g/mol. The van der Waals surface area contributed by atoms with Gasteiger partial charge in [-0.25, -0.2) is 5.48 Å². The summed E-state index contributed by atoms with van der Waals surface area (Å²) in [6, 6.07) is 0. The molecule has 0 amide bonds. The zero-order valence-corrected chi connectivity index (χ0v) is 43.9. The molecule has 0 radical (unpaired) electrons. The van der Waals surface area contributed by atoms with Crippen molar-refractivity contribution in [3.05, 3.63) is 43.9 Å². The summed E-state index contributed by atoms with van der Waals surface area (Å²) < 4.78 is 10.7. The van der Waals surface area contributed by atoms with Crippen LogP contribution in [0.3, 0.4) is 0 Å². The van der Waals surface area contributed by atoms with E-state index in [0.29, 0.717) is 6.10 Å². The Kier molecular flexibility index (Phi) is 88.6. The fourth-order valence-corrected chi connectivity index (χ4v) is 7.10. The molecule has 0 atom stereocenters. The molecule has 5 nitrogen and oxygen atoms in total. The predicted molar refractivity (Wildman–Crippen MR) is 284 cm³/mol. The average Bonchev–Trinajstić information content (AvgIpc) is 3.28. The lowest BCUT2D eigenvalue weighted by Gasteiger charge is -2.22. The van der Waals surface area contributed by atoms with Crippen LogP contribution in [-0.2, 0) is 9.47 Å². The third-order valence-corrected chi connectivity index (χ3v) is 10.8. The second-order valence-electron chi connectivity index (χ2n) is 17.0. The van der Waals surface area contributed by atoms with Gasteiger partial charge in [0.25, 0.3) is 0 Å². The number of allylic oxidation sites excluding steroid dienone is 1. The molecular formula is C57H116N2O3. The first kappa shape index (κ1) is 71.8. The molecule has 0 aromatic carbocycles. The Balaban J connectivity index is -0.000000184. The molecule has 0 aliphatic carbocycles. The lowest BCUT2D eigenvalue weighted by molar-refractivity contribution is 0.121. The minimum atomic E-state index is 0.386. The molecule has 0 heterocycles. The highest BCUT2D eigenvalue weighted by molar-refractivity contribution is 4.87. The first-order valence-electron chi connectivity index (χ1n) is 26.4. The minimum absolute atomic E-state index is 0.386. The van der Waals surface area contributed by atoms with Gasteiger partial charge in [0.1, 0.15) is 6.26 Å². The van der Waals surface area contributed by atoms with Crippen LogP contribution in [0.5, 0.6) is 0 Å².